The summed E-state index contributed by atoms with van der Waals surface area (Å²) >= 11 is 9.27. The van der Waals surface area contributed by atoms with E-state index in [-0.39, 0.29) is 0 Å². The number of pyridine rings is 1. The van der Waals surface area contributed by atoms with E-state index < -0.39 is 0 Å². The van der Waals surface area contributed by atoms with Crippen LogP contribution in [0.3, 0.4) is 0 Å². The number of imidazole rings is 1. The first-order chi connectivity index (χ1) is 9.26. The third kappa shape index (κ3) is 3.68. The molecule has 0 aromatic carbocycles. The van der Waals surface area contributed by atoms with Gasteiger partial charge in [-0.25, -0.2) is 9.97 Å². The Hall–Kier alpha value is -0.650. The van der Waals surface area contributed by atoms with Crippen LogP contribution in [0.15, 0.2) is 16.7 Å². The average Bonchev–Trinajstić information content (AvgIpc) is 2.72. The number of rotatable bonds is 7. The first-order valence-corrected chi connectivity index (χ1v) is 7.64. The van der Waals surface area contributed by atoms with Crippen LogP contribution in [0.1, 0.15) is 18.7 Å². The van der Waals surface area contributed by atoms with E-state index >= 15 is 0 Å². The van der Waals surface area contributed by atoms with E-state index in [9.17, 15) is 0 Å². The molecule has 0 amide bonds. The summed E-state index contributed by atoms with van der Waals surface area (Å²) in [6.45, 7) is 1.69. The molecule has 0 saturated carbocycles. The highest BCUT2D eigenvalue weighted by molar-refractivity contribution is 9.10. The molecule has 2 rings (SSSR count). The molecule has 0 unspecified atom stereocenters. The molecule has 0 bridgehead atoms. The first kappa shape index (κ1) is 14.8. The predicted molar refractivity (Wildman–Crippen MR) is 80.8 cm³/mol. The van der Waals surface area contributed by atoms with Crippen LogP contribution in [0.5, 0.6) is 0 Å². The Labute approximate surface area is 126 Å². The van der Waals surface area contributed by atoms with Crippen molar-refractivity contribution in [1.82, 2.24) is 14.5 Å². The molecule has 6 heteroatoms. The van der Waals surface area contributed by atoms with Crippen molar-refractivity contribution < 1.29 is 4.74 Å². The van der Waals surface area contributed by atoms with Crippen LogP contribution in [-0.2, 0) is 17.7 Å². The Morgan fingerprint density at radius 3 is 3.00 bits per heavy atom. The average molecular weight is 347 g/mol. The second kappa shape index (κ2) is 7.22. The number of aromatic nitrogens is 3. The van der Waals surface area contributed by atoms with E-state index in [1.807, 2.05) is 6.07 Å². The second-order valence-corrected chi connectivity index (χ2v) is 5.61. The van der Waals surface area contributed by atoms with Gasteiger partial charge in [-0.15, -0.1) is 11.6 Å². The summed E-state index contributed by atoms with van der Waals surface area (Å²) in [4.78, 5) is 9.08. The number of nitrogens with zero attached hydrogens (tertiary/aromatic N) is 3. The quantitative estimate of drug-likeness (QED) is 0.570. The van der Waals surface area contributed by atoms with E-state index in [0.717, 1.165) is 53.9 Å². The topological polar surface area (TPSA) is 39.9 Å². The molecule has 0 saturated heterocycles. The number of hydrogen-bond donors (Lipinski definition) is 0. The molecule has 2 heterocycles. The number of aryl methyl sites for hydroxylation is 2. The molecule has 4 nitrogen and oxygen atoms in total. The largest absolute Gasteiger partial charge is 0.385 e. The van der Waals surface area contributed by atoms with Crippen molar-refractivity contribution in [3.8, 4) is 0 Å². The van der Waals surface area contributed by atoms with Crippen molar-refractivity contribution in [3.05, 3.63) is 22.6 Å². The molecule has 0 spiro atoms. The predicted octanol–water partition coefficient (Wildman–Crippen LogP) is 3.40. The van der Waals surface area contributed by atoms with Crippen LogP contribution in [0.2, 0.25) is 0 Å². The van der Waals surface area contributed by atoms with E-state index in [2.05, 4.69) is 30.5 Å². The van der Waals surface area contributed by atoms with Crippen molar-refractivity contribution in [1.29, 1.82) is 0 Å². The summed E-state index contributed by atoms with van der Waals surface area (Å²) in [7, 11) is 1.73. The molecule has 104 valence electrons. The molecular weight excluding hydrogens is 330 g/mol. The normalized spacial score (nSPS) is 11.3. The highest BCUT2D eigenvalue weighted by Crippen LogP contribution is 2.19. The van der Waals surface area contributed by atoms with Crippen LogP contribution < -0.4 is 0 Å². The molecule has 0 aliphatic rings. The van der Waals surface area contributed by atoms with E-state index in [4.69, 9.17) is 16.3 Å². The SMILES string of the molecule is COCCCCn1c(CCCl)nc2cc(Br)cnc21. The van der Waals surface area contributed by atoms with Gasteiger partial charge in [0.25, 0.3) is 0 Å². The number of ether oxygens (including phenoxy) is 1. The Bertz CT molecular complexity index is 544. The Kier molecular flexibility index (Phi) is 5.60. The summed E-state index contributed by atoms with van der Waals surface area (Å²) in [6.07, 6.45) is 4.65. The molecule has 2 aromatic rings. The van der Waals surface area contributed by atoms with Gasteiger partial charge in [0.05, 0.1) is 0 Å². The first-order valence-electron chi connectivity index (χ1n) is 6.32. The Balaban J connectivity index is 2.24. The van der Waals surface area contributed by atoms with Crippen LogP contribution in [0, 0.1) is 0 Å². The fourth-order valence-electron chi connectivity index (χ4n) is 2.06. The summed E-state index contributed by atoms with van der Waals surface area (Å²) < 4.78 is 8.19. The lowest BCUT2D eigenvalue weighted by Crippen LogP contribution is -2.06. The molecule has 0 N–H and O–H groups in total. The fourth-order valence-corrected chi connectivity index (χ4v) is 2.55. The van der Waals surface area contributed by atoms with Crippen LogP contribution >= 0.6 is 27.5 Å². The summed E-state index contributed by atoms with van der Waals surface area (Å²) in [5.41, 5.74) is 1.85. The third-order valence-corrected chi connectivity index (χ3v) is 3.55. The molecule has 0 fully saturated rings. The molecule has 19 heavy (non-hydrogen) atoms. The number of halogens is 2. The van der Waals surface area contributed by atoms with Gasteiger partial charge in [-0.05, 0) is 34.8 Å². The minimum atomic E-state index is 0.572. The second-order valence-electron chi connectivity index (χ2n) is 4.31. The molecule has 0 atom stereocenters. The van der Waals surface area contributed by atoms with Crippen molar-refractivity contribution in [2.75, 3.05) is 19.6 Å². The van der Waals surface area contributed by atoms with E-state index in [1.54, 1.807) is 13.3 Å². The maximum Gasteiger partial charge on any atom is 0.160 e. The molecule has 2 aromatic heterocycles. The minimum Gasteiger partial charge on any atom is -0.385 e. The van der Waals surface area contributed by atoms with Crippen molar-refractivity contribution in [3.63, 3.8) is 0 Å². The van der Waals surface area contributed by atoms with Gasteiger partial charge in [0.15, 0.2) is 5.65 Å². The maximum atomic E-state index is 5.85. The fraction of sp³-hybridized carbons (Fsp3) is 0.538. The number of methoxy groups -OCH3 is 1. The van der Waals surface area contributed by atoms with Gasteiger partial charge >= 0.3 is 0 Å². The van der Waals surface area contributed by atoms with Crippen molar-refractivity contribution in [2.24, 2.45) is 0 Å². The lowest BCUT2D eigenvalue weighted by atomic mass is 10.3. The van der Waals surface area contributed by atoms with Gasteiger partial charge in [-0.1, -0.05) is 0 Å². The highest BCUT2D eigenvalue weighted by atomic mass is 79.9. The van der Waals surface area contributed by atoms with Gasteiger partial charge in [0, 0.05) is 43.2 Å². The zero-order valence-electron chi connectivity index (χ0n) is 10.9. The van der Waals surface area contributed by atoms with Crippen molar-refractivity contribution >= 4 is 38.7 Å². The van der Waals surface area contributed by atoms with Gasteiger partial charge in [-0.2, -0.15) is 0 Å². The summed E-state index contributed by atoms with van der Waals surface area (Å²) in [5, 5.41) is 0. The van der Waals surface area contributed by atoms with Crippen molar-refractivity contribution in [2.45, 2.75) is 25.8 Å². The molecular formula is C13H17BrClN3O. The number of unbranched alkanes of at least 4 members (excludes halogenated alkanes) is 1. The Morgan fingerprint density at radius 1 is 1.42 bits per heavy atom. The third-order valence-electron chi connectivity index (χ3n) is 2.93. The van der Waals surface area contributed by atoms with Crippen LogP contribution in [0.4, 0.5) is 0 Å². The van der Waals surface area contributed by atoms with Crippen LogP contribution in [0.25, 0.3) is 11.2 Å². The molecule has 0 radical (unpaired) electrons. The Morgan fingerprint density at radius 2 is 2.26 bits per heavy atom. The van der Waals surface area contributed by atoms with E-state index in [0.29, 0.717) is 5.88 Å². The lowest BCUT2D eigenvalue weighted by molar-refractivity contribution is 0.191. The van der Waals surface area contributed by atoms with Gasteiger partial charge in [0.1, 0.15) is 11.3 Å². The standard InChI is InChI=1S/C13H17BrClN3O/c1-19-7-3-2-6-18-12(4-5-15)17-11-8-10(14)9-16-13(11)18/h8-9H,2-7H2,1H3. The van der Waals surface area contributed by atoms with Gasteiger partial charge < -0.3 is 9.30 Å². The van der Waals surface area contributed by atoms with Crippen LogP contribution in [-0.4, -0.2) is 34.1 Å². The monoisotopic (exact) mass is 345 g/mol. The highest BCUT2D eigenvalue weighted by Gasteiger charge is 2.11. The summed E-state index contributed by atoms with van der Waals surface area (Å²) in [5.74, 6) is 1.58. The van der Waals surface area contributed by atoms with Gasteiger partial charge in [-0.3, -0.25) is 0 Å². The number of hydrogen-bond acceptors (Lipinski definition) is 3. The minimum absolute atomic E-state index is 0.572. The molecule has 0 aliphatic carbocycles. The van der Waals surface area contributed by atoms with E-state index in [1.165, 1.54) is 0 Å². The number of alkyl halides is 1. The summed E-state index contributed by atoms with van der Waals surface area (Å²) in [6, 6.07) is 1.99. The zero-order chi connectivity index (χ0) is 13.7. The maximum absolute atomic E-state index is 5.85. The smallest absolute Gasteiger partial charge is 0.160 e. The lowest BCUT2D eigenvalue weighted by Gasteiger charge is -2.07. The molecule has 0 aliphatic heterocycles. The number of fused-ring (bicyclic) bond motifs is 1. The zero-order valence-corrected chi connectivity index (χ0v) is 13.2. The van der Waals surface area contributed by atoms with Gasteiger partial charge in [0.2, 0.25) is 0 Å².